The van der Waals surface area contributed by atoms with E-state index >= 15 is 0 Å². The van der Waals surface area contributed by atoms with Gasteiger partial charge in [-0.1, -0.05) is 6.92 Å². The quantitative estimate of drug-likeness (QED) is 0.273. The van der Waals surface area contributed by atoms with Gasteiger partial charge in [-0.3, -0.25) is 15.2 Å². The molecule has 0 amide bonds. The van der Waals surface area contributed by atoms with Gasteiger partial charge in [-0.05, 0) is 55.4 Å². The number of aromatic amines is 1. The van der Waals surface area contributed by atoms with E-state index in [0.717, 1.165) is 28.8 Å². The Balaban J connectivity index is 1.96. The highest BCUT2D eigenvalue weighted by atomic mass is 32.2. The molecule has 0 bridgehead atoms. The number of nitrogens with one attached hydrogen (secondary N) is 1. The van der Waals surface area contributed by atoms with Crippen LogP contribution < -0.4 is 5.11 Å². The normalized spacial score (nSPS) is 11.6. The third-order valence-corrected chi connectivity index (χ3v) is 5.19. The number of nitro groups is 1. The maximum Gasteiger partial charge on any atom is 0.269 e. The summed E-state index contributed by atoms with van der Waals surface area (Å²) < 4.78 is 1.90. The van der Waals surface area contributed by atoms with Gasteiger partial charge in [-0.25, -0.2) is 4.98 Å². The molecule has 0 spiro atoms. The van der Waals surface area contributed by atoms with Gasteiger partial charge in [0.25, 0.3) is 5.69 Å². The van der Waals surface area contributed by atoms with Crippen LogP contribution in [0.5, 0.6) is 0 Å². The van der Waals surface area contributed by atoms with E-state index in [1.54, 1.807) is 12.1 Å². The SMILES string of the molecule is CCc1nc(S/C(=C\c2cc(C)n(-c3ccc([N+](=O)[O-])cc3)c2C)C(=O)[O-])n[nH]1. The van der Waals surface area contributed by atoms with Gasteiger partial charge in [0.05, 0.1) is 10.9 Å². The van der Waals surface area contributed by atoms with E-state index in [1.165, 1.54) is 18.2 Å². The highest BCUT2D eigenvalue weighted by Gasteiger charge is 2.14. The summed E-state index contributed by atoms with van der Waals surface area (Å²) in [6.45, 7) is 5.64. The number of benzene rings is 1. The Morgan fingerprint density at radius 3 is 2.55 bits per heavy atom. The van der Waals surface area contributed by atoms with E-state index in [2.05, 4.69) is 15.2 Å². The highest BCUT2D eigenvalue weighted by molar-refractivity contribution is 8.04. The molecule has 2 heterocycles. The minimum absolute atomic E-state index is 0.00456. The molecule has 0 aliphatic heterocycles. The second-order valence-electron chi connectivity index (χ2n) is 6.25. The van der Waals surface area contributed by atoms with Crippen LogP contribution in [0.15, 0.2) is 40.4 Å². The van der Waals surface area contributed by atoms with Gasteiger partial charge < -0.3 is 14.5 Å². The van der Waals surface area contributed by atoms with Crippen LogP contribution in [0.2, 0.25) is 0 Å². The first-order valence-corrected chi connectivity index (χ1v) is 9.57. The Kier molecular flexibility index (Phi) is 5.83. The van der Waals surface area contributed by atoms with Crippen LogP contribution in [0.25, 0.3) is 11.8 Å². The number of nitro benzene ring substituents is 1. The molecular weight excluding hydrogens is 394 g/mol. The topological polar surface area (TPSA) is 130 Å². The Hall–Kier alpha value is -3.40. The van der Waals surface area contributed by atoms with Crippen molar-refractivity contribution in [2.45, 2.75) is 32.3 Å². The van der Waals surface area contributed by atoms with Crippen molar-refractivity contribution in [3.63, 3.8) is 0 Å². The van der Waals surface area contributed by atoms with Crippen LogP contribution in [0.3, 0.4) is 0 Å². The van der Waals surface area contributed by atoms with Crippen LogP contribution in [0, 0.1) is 24.0 Å². The van der Waals surface area contributed by atoms with Crippen LogP contribution in [0.4, 0.5) is 5.69 Å². The molecule has 0 fully saturated rings. The van der Waals surface area contributed by atoms with Crippen LogP contribution in [-0.2, 0) is 11.2 Å². The zero-order valence-corrected chi connectivity index (χ0v) is 16.8. The van der Waals surface area contributed by atoms with E-state index in [-0.39, 0.29) is 10.6 Å². The predicted molar refractivity (Wildman–Crippen MR) is 106 cm³/mol. The number of non-ortho nitro benzene ring substituents is 1. The highest BCUT2D eigenvalue weighted by Crippen LogP contribution is 2.29. The Bertz CT molecular complexity index is 1100. The smallest absolute Gasteiger partial charge is 0.269 e. The average molecular weight is 412 g/mol. The van der Waals surface area contributed by atoms with Gasteiger partial charge in [0.15, 0.2) is 0 Å². The number of aliphatic carboxylic acids is 1. The number of carbonyl (C=O) groups is 1. The molecular formula is C19H18N5O4S-. The first kappa shape index (κ1) is 20.3. The van der Waals surface area contributed by atoms with Gasteiger partial charge in [-0.15, -0.1) is 5.10 Å². The van der Waals surface area contributed by atoms with Gasteiger partial charge in [0.2, 0.25) is 5.16 Å². The first-order valence-electron chi connectivity index (χ1n) is 8.76. The molecule has 1 N–H and O–H groups in total. The molecule has 0 radical (unpaired) electrons. The summed E-state index contributed by atoms with van der Waals surface area (Å²) in [6.07, 6.45) is 2.18. The fourth-order valence-corrected chi connectivity index (χ4v) is 3.62. The molecule has 0 atom stereocenters. The van der Waals surface area contributed by atoms with Crippen molar-refractivity contribution < 1.29 is 14.8 Å². The number of thioether (sulfide) groups is 1. The van der Waals surface area contributed by atoms with Crippen LogP contribution in [0.1, 0.15) is 29.7 Å². The van der Waals surface area contributed by atoms with Crippen molar-refractivity contribution in [3.05, 3.63) is 68.1 Å². The number of H-pyrrole nitrogens is 1. The summed E-state index contributed by atoms with van der Waals surface area (Å²) in [6, 6.07) is 8.01. The number of hydrogen-bond donors (Lipinski definition) is 1. The summed E-state index contributed by atoms with van der Waals surface area (Å²) in [5.74, 6) is -0.653. The van der Waals surface area contributed by atoms with E-state index < -0.39 is 10.9 Å². The Labute approximate surface area is 170 Å². The third-order valence-electron chi connectivity index (χ3n) is 4.32. The number of nitrogens with zero attached hydrogens (tertiary/aromatic N) is 4. The summed E-state index contributed by atoms with van der Waals surface area (Å²) >= 11 is 0.914. The Morgan fingerprint density at radius 2 is 2.00 bits per heavy atom. The van der Waals surface area contributed by atoms with E-state index in [9.17, 15) is 20.0 Å². The molecule has 3 aromatic rings. The lowest BCUT2D eigenvalue weighted by Crippen LogP contribution is -2.23. The summed E-state index contributed by atoms with van der Waals surface area (Å²) in [5.41, 5.74) is 3.09. The van der Waals surface area contributed by atoms with Gasteiger partial charge in [0.1, 0.15) is 5.82 Å². The van der Waals surface area contributed by atoms with Crippen molar-refractivity contribution in [1.29, 1.82) is 0 Å². The standard InChI is InChI=1S/C19H19N5O4S/c1-4-17-20-19(22-21-17)29-16(18(25)26)10-13-9-11(2)23(12(13)3)14-5-7-15(8-6-14)24(27)28/h5-10H,4H2,1-3H3,(H,25,26)(H,20,21,22)/p-1/b16-10-. The minimum atomic E-state index is -1.32. The molecule has 29 heavy (non-hydrogen) atoms. The fourth-order valence-electron chi connectivity index (χ4n) is 2.91. The summed E-state index contributed by atoms with van der Waals surface area (Å²) in [5, 5.41) is 29.5. The molecule has 0 unspecified atom stereocenters. The molecule has 0 aliphatic rings. The number of carbonyl (C=O) groups excluding carboxylic acids is 1. The second kappa shape index (κ2) is 8.31. The first-order chi connectivity index (χ1) is 13.8. The lowest BCUT2D eigenvalue weighted by molar-refractivity contribution is -0.384. The second-order valence-corrected chi connectivity index (χ2v) is 7.26. The molecule has 3 rings (SSSR count). The number of hydrogen-bond acceptors (Lipinski definition) is 7. The van der Waals surface area contributed by atoms with Crippen molar-refractivity contribution in [1.82, 2.24) is 19.7 Å². The number of carboxylic acid groups (broad SMARTS) is 1. The number of rotatable bonds is 7. The maximum absolute atomic E-state index is 11.6. The van der Waals surface area contributed by atoms with Gasteiger partial charge in [-0.2, -0.15) is 0 Å². The third kappa shape index (κ3) is 4.37. The minimum Gasteiger partial charge on any atom is -0.544 e. The Morgan fingerprint density at radius 1 is 1.31 bits per heavy atom. The number of carboxylic acids is 1. The molecule has 150 valence electrons. The molecule has 9 nitrogen and oxygen atoms in total. The monoisotopic (exact) mass is 412 g/mol. The van der Waals surface area contributed by atoms with E-state index in [0.29, 0.717) is 23.0 Å². The van der Waals surface area contributed by atoms with Crippen molar-refractivity contribution in [2.24, 2.45) is 0 Å². The zero-order chi connectivity index (χ0) is 21.1. The molecule has 10 heteroatoms. The van der Waals surface area contributed by atoms with Gasteiger partial charge in [0, 0.05) is 40.5 Å². The molecule has 0 saturated carbocycles. The number of aromatic nitrogens is 4. The van der Waals surface area contributed by atoms with Crippen molar-refractivity contribution >= 4 is 29.5 Å². The molecule has 0 aliphatic carbocycles. The van der Waals surface area contributed by atoms with E-state index in [4.69, 9.17) is 0 Å². The van der Waals surface area contributed by atoms with Gasteiger partial charge >= 0.3 is 0 Å². The zero-order valence-electron chi connectivity index (χ0n) is 16.0. The predicted octanol–water partition coefficient (Wildman–Crippen LogP) is 2.57. The molecule has 1 aromatic carbocycles. The van der Waals surface area contributed by atoms with E-state index in [1.807, 2.05) is 31.4 Å². The molecule has 0 saturated heterocycles. The lowest BCUT2D eigenvalue weighted by atomic mass is 10.2. The molecule has 2 aromatic heterocycles. The van der Waals surface area contributed by atoms with Crippen LogP contribution >= 0.6 is 11.8 Å². The largest absolute Gasteiger partial charge is 0.544 e. The van der Waals surface area contributed by atoms with Crippen LogP contribution in [-0.4, -0.2) is 30.6 Å². The lowest BCUT2D eigenvalue weighted by Gasteiger charge is -2.10. The fraction of sp³-hybridized carbons (Fsp3) is 0.211. The average Bonchev–Trinajstić information content (AvgIpc) is 3.25. The summed E-state index contributed by atoms with van der Waals surface area (Å²) in [7, 11) is 0. The number of aryl methyl sites for hydroxylation is 2. The van der Waals surface area contributed by atoms with Crippen molar-refractivity contribution in [2.75, 3.05) is 0 Å². The maximum atomic E-state index is 11.6. The summed E-state index contributed by atoms with van der Waals surface area (Å²) in [4.78, 5) is 26.2. The van der Waals surface area contributed by atoms with Crippen molar-refractivity contribution in [3.8, 4) is 5.69 Å².